The van der Waals surface area contributed by atoms with Crippen LogP contribution in [0.25, 0.3) is 0 Å². The summed E-state index contributed by atoms with van der Waals surface area (Å²) in [5.74, 6) is 1.06. The van der Waals surface area contributed by atoms with E-state index in [1.807, 2.05) is 12.1 Å². The summed E-state index contributed by atoms with van der Waals surface area (Å²) < 4.78 is 0. The van der Waals surface area contributed by atoms with Gasteiger partial charge in [-0.3, -0.25) is 4.90 Å². The lowest BCUT2D eigenvalue weighted by Gasteiger charge is -2.31. The highest BCUT2D eigenvalue weighted by molar-refractivity contribution is 5.26. The van der Waals surface area contributed by atoms with E-state index in [-0.39, 0.29) is 0 Å². The van der Waals surface area contributed by atoms with E-state index in [9.17, 15) is 5.11 Å². The molecule has 1 aromatic rings. The van der Waals surface area contributed by atoms with Crippen molar-refractivity contribution in [2.24, 2.45) is 11.7 Å². The first-order valence-electron chi connectivity index (χ1n) is 5.98. The molecule has 1 saturated heterocycles. The van der Waals surface area contributed by atoms with Crippen molar-refractivity contribution in [2.75, 3.05) is 19.6 Å². The quantitative estimate of drug-likeness (QED) is 0.813. The van der Waals surface area contributed by atoms with Crippen LogP contribution in [0.5, 0.6) is 5.75 Å². The molecule has 0 bridgehead atoms. The minimum Gasteiger partial charge on any atom is -0.508 e. The largest absolute Gasteiger partial charge is 0.508 e. The van der Waals surface area contributed by atoms with E-state index in [0.29, 0.717) is 11.7 Å². The summed E-state index contributed by atoms with van der Waals surface area (Å²) in [4.78, 5) is 2.43. The summed E-state index contributed by atoms with van der Waals surface area (Å²) in [5, 5.41) is 9.39. The van der Waals surface area contributed by atoms with Crippen molar-refractivity contribution in [1.29, 1.82) is 0 Å². The highest BCUT2D eigenvalue weighted by Gasteiger charge is 2.17. The van der Waals surface area contributed by atoms with Gasteiger partial charge in [-0.2, -0.15) is 0 Å². The second kappa shape index (κ2) is 5.32. The van der Waals surface area contributed by atoms with Crippen LogP contribution < -0.4 is 5.73 Å². The smallest absolute Gasteiger partial charge is 0.115 e. The van der Waals surface area contributed by atoms with Crippen molar-refractivity contribution in [2.45, 2.75) is 19.4 Å². The zero-order valence-corrected chi connectivity index (χ0v) is 9.60. The zero-order chi connectivity index (χ0) is 11.4. The van der Waals surface area contributed by atoms with Crippen molar-refractivity contribution in [3.05, 3.63) is 29.8 Å². The van der Waals surface area contributed by atoms with Gasteiger partial charge in [-0.1, -0.05) is 12.1 Å². The zero-order valence-electron chi connectivity index (χ0n) is 9.60. The normalized spacial score (nSPS) is 18.8. The lowest BCUT2D eigenvalue weighted by Crippen LogP contribution is -2.35. The summed E-state index contributed by atoms with van der Waals surface area (Å²) in [7, 11) is 0. The van der Waals surface area contributed by atoms with Crippen LogP contribution in [-0.4, -0.2) is 29.6 Å². The number of hydrogen-bond acceptors (Lipinski definition) is 3. The fourth-order valence-corrected chi connectivity index (χ4v) is 2.29. The Balaban J connectivity index is 1.87. The van der Waals surface area contributed by atoms with E-state index < -0.39 is 0 Å². The molecule has 0 unspecified atom stereocenters. The maximum Gasteiger partial charge on any atom is 0.115 e. The van der Waals surface area contributed by atoms with Gasteiger partial charge >= 0.3 is 0 Å². The van der Waals surface area contributed by atoms with Crippen LogP contribution in [0.15, 0.2) is 24.3 Å². The Morgan fingerprint density at radius 3 is 2.69 bits per heavy atom. The molecule has 16 heavy (non-hydrogen) atoms. The molecular formula is C13H20N2O. The molecule has 1 aliphatic heterocycles. The Kier molecular flexibility index (Phi) is 3.80. The minimum absolute atomic E-state index is 0.356. The molecule has 3 nitrogen and oxygen atoms in total. The maximum atomic E-state index is 9.39. The second-order valence-corrected chi connectivity index (χ2v) is 4.63. The lowest BCUT2D eigenvalue weighted by molar-refractivity contribution is 0.180. The minimum atomic E-state index is 0.356. The van der Waals surface area contributed by atoms with Crippen molar-refractivity contribution in [1.82, 2.24) is 4.90 Å². The van der Waals surface area contributed by atoms with Gasteiger partial charge in [0, 0.05) is 6.54 Å². The van der Waals surface area contributed by atoms with Gasteiger partial charge in [-0.25, -0.2) is 0 Å². The van der Waals surface area contributed by atoms with Gasteiger partial charge in [0.05, 0.1) is 0 Å². The Labute approximate surface area is 96.9 Å². The van der Waals surface area contributed by atoms with Crippen LogP contribution in [0.2, 0.25) is 0 Å². The fraction of sp³-hybridized carbons (Fsp3) is 0.538. The third-order valence-corrected chi connectivity index (χ3v) is 3.36. The average molecular weight is 220 g/mol. The predicted molar refractivity (Wildman–Crippen MR) is 65.2 cm³/mol. The van der Waals surface area contributed by atoms with E-state index >= 15 is 0 Å². The summed E-state index contributed by atoms with van der Waals surface area (Å²) >= 11 is 0. The topological polar surface area (TPSA) is 49.5 Å². The molecular weight excluding hydrogens is 200 g/mol. The van der Waals surface area contributed by atoms with Crippen molar-refractivity contribution in [3.63, 3.8) is 0 Å². The Bertz CT molecular complexity index is 332. The molecule has 0 radical (unpaired) electrons. The number of phenolic OH excluding ortho intramolecular Hbond substituents is 1. The first kappa shape index (κ1) is 11.4. The SMILES string of the molecule is NCC1CCN(Cc2cccc(O)c2)CC1. The van der Waals surface area contributed by atoms with E-state index in [2.05, 4.69) is 11.0 Å². The summed E-state index contributed by atoms with van der Waals surface area (Å²) in [5.41, 5.74) is 6.86. The van der Waals surface area contributed by atoms with Crippen LogP contribution >= 0.6 is 0 Å². The number of likely N-dealkylation sites (tertiary alicyclic amines) is 1. The molecule has 0 aliphatic carbocycles. The summed E-state index contributed by atoms with van der Waals surface area (Å²) in [6.07, 6.45) is 2.41. The van der Waals surface area contributed by atoms with Crippen molar-refractivity contribution >= 4 is 0 Å². The number of phenols is 1. The molecule has 1 aromatic carbocycles. The molecule has 88 valence electrons. The second-order valence-electron chi connectivity index (χ2n) is 4.63. The maximum absolute atomic E-state index is 9.39. The summed E-state index contributed by atoms with van der Waals surface area (Å²) in [6, 6.07) is 7.52. The number of nitrogens with two attached hydrogens (primary N) is 1. The standard InChI is InChI=1S/C13H20N2O/c14-9-11-4-6-15(7-5-11)10-12-2-1-3-13(16)8-12/h1-3,8,11,16H,4-7,9-10,14H2. The number of benzene rings is 1. The molecule has 3 heteroatoms. The Morgan fingerprint density at radius 2 is 2.06 bits per heavy atom. The van der Waals surface area contributed by atoms with Gasteiger partial charge < -0.3 is 10.8 Å². The van der Waals surface area contributed by atoms with E-state index in [4.69, 9.17) is 5.73 Å². The monoisotopic (exact) mass is 220 g/mol. The van der Waals surface area contributed by atoms with Gasteiger partial charge in [0.2, 0.25) is 0 Å². The fourth-order valence-electron chi connectivity index (χ4n) is 2.29. The predicted octanol–water partition coefficient (Wildman–Crippen LogP) is 1.56. The summed E-state index contributed by atoms with van der Waals surface area (Å²) in [6.45, 7) is 4.00. The molecule has 3 N–H and O–H groups in total. The van der Waals surface area contributed by atoms with Gasteiger partial charge in [-0.15, -0.1) is 0 Å². The average Bonchev–Trinajstić information content (AvgIpc) is 2.30. The van der Waals surface area contributed by atoms with Gasteiger partial charge in [0.1, 0.15) is 5.75 Å². The van der Waals surface area contributed by atoms with Crippen LogP contribution in [0.1, 0.15) is 18.4 Å². The molecule has 2 rings (SSSR count). The molecule has 0 amide bonds. The third kappa shape index (κ3) is 2.97. The highest BCUT2D eigenvalue weighted by Crippen LogP contribution is 2.19. The van der Waals surface area contributed by atoms with E-state index in [0.717, 1.165) is 26.2 Å². The molecule has 1 aliphatic rings. The molecule has 0 spiro atoms. The first-order valence-corrected chi connectivity index (χ1v) is 5.98. The van der Waals surface area contributed by atoms with Gasteiger partial charge in [0.25, 0.3) is 0 Å². The highest BCUT2D eigenvalue weighted by atomic mass is 16.3. The number of piperidine rings is 1. The number of hydrogen-bond donors (Lipinski definition) is 2. The molecule has 0 atom stereocenters. The number of nitrogens with zero attached hydrogens (tertiary/aromatic N) is 1. The molecule has 1 fully saturated rings. The van der Waals surface area contributed by atoms with Crippen molar-refractivity contribution in [3.8, 4) is 5.75 Å². The van der Waals surface area contributed by atoms with Crippen LogP contribution in [0.4, 0.5) is 0 Å². The van der Waals surface area contributed by atoms with Crippen LogP contribution in [-0.2, 0) is 6.54 Å². The first-order chi connectivity index (χ1) is 7.78. The van der Waals surface area contributed by atoms with Gasteiger partial charge in [0.15, 0.2) is 0 Å². The lowest BCUT2D eigenvalue weighted by atomic mass is 9.97. The van der Waals surface area contributed by atoms with Crippen LogP contribution in [0, 0.1) is 5.92 Å². The third-order valence-electron chi connectivity index (χ3n) is 3.36. The number of rotatable bonds is 3. The van der Waals surface area contributed by atoms with Gasteiger partial charge in [-0.05, 0) is 56.1 Å². The number of aromatic hydroxyl groups is 1. The van der Waals surface area contributed by atoms with E-state index in [1.54, 1.807) is 6.07 Å². The molecule has 0 aromatic heterocycles. The Hall–Kier alpha value is -1.06. The van der Waals surface area contributed by atoms with Crippen molar-refractivity contribution < 1.29 is 5.11 Å². The Morgan fingerprint density at radius 1 is 1.31 bits per heavy atom. The van der Waals surface area contributed by atoms with Crippen LogP contribution in [0.3, 0.4) is 0 Å². The van der Waals surface area contributed by atoms with E-state index in [1.165, 1.54) is 18.4 Å². The molecule has 1 heterocycles. The molecule has 0 saturated carbocycles.